The number of halogens is 3. The van der Waals surface area contributed by atoms with E-state index in [1.165, 1.54) is 24.5 Å². The molecular weight excluding hydrogens is 381 g/mol. The molecule has 3 rings (SSSR count). The standard InChI is InChI=1S/C21H15F3N4O/c22-21(23,24)17-5-1-4-15(9-17)11-19(29)28-18-6-2-3-14(10-18)7-8-16-12-26-20(25)27-13-16/h1-6,9-10,12-13H,11H2,(H,28,29)(H2,25,26,27). The molecule has 0 saturated heterocycles. The lowest BCUT2D eigenvalue weighted by Crippen LogP contribution is -2.15. The number of hydrogen-bond donors (Lipinski definition) is 2. The van der Waals surface area contributed by atoms with E-state index in [9.17, 15) is 18.0 Å². The molecule has 2 aromatic carbocycles. The maximum Gasteiger partial charge on any atom is 0.416 e. The Hall–Kier alpha value is -3.86. The number of carbonyl (C=O) groups is 1. The Bertz CT molecular complexity index is 1080. The van der Waals surface area contributed by atoms with Crippen molar-refractivity contribution in [1.82, 2.24) is 9.97 Å². The summed E-state index contributed by atoms with van der Waals surface area (Å²) in [5.74, 6) is 5.52. The van der Waals surface area contributed by atoms with Crippen LogP contribution < -0.4 is 11.1 Å². The number of benzene rings is 2. The predicted molar refractivity (Wildman–Crippen MR) is 103 cm³/mol. The highest BCUT2D eigenvalue weighted by Gasteiger charge is 2.30. The zero-order valence-corrected chi connectivity index (χ0v) is 15.0. The lowest BCUT2D eigenvalue weighted by molar-refractivity contribution is -0.137. The van der Waals surface area contributed by atoms with E-state index < -0.39 is 17.6 Å². The molecule has 0 aliphatic heterocycles. The number of rotatable bonds is 3. The van der Waals surface area contributed by atoms with Gasteiger partial charge in [0.1, 0.15) is 0 Å². The van der Waals surface area contributed by atoms with Crippen LogP contribution in [0.3, 0.4) is 0 Å². The van der Waals surface area contributed by atoms with Crippen LogP contribution in [0, 0.1) is 11.8 Å². The summed E-state index contributed by atoms with van der Waals surface area (Å²) >= 11 is 0. The highest BCUT2D eigenvalue weighted by atomic mass is 19.4. The lowest BCUT2D eigenvalue weighted by atomic mass is 10.1. The SMILES string of the molecule is Nc1ncc(C#Cc2cccc(NC(=O)Cc3cccc(C(F)(F)F)c3)c2)cn1. The maximum absolute atomic E-state index is 12.8. The number of nitrogens with one attached hydrogen (secondary N) is 1. The molecule has 0 bridgehead atoms. The zero-order chi connectivity index (χ0) is 20.9. The molecule has 0 aliphatic rings. The molecule has 0 saturated carbocycles. The Morgan fingerprint density at radius 3 is 2.41 bits per heavy atom. The number of nitrogens with zero attached hydrogens (tertiary/aromatic N) is 2. The number of nitrogens with two attached hydrogens (primary N) is 1. The first-order valence-corrected chi connectivity index (χ1v) is 8.45. The average Bonchev–Trinajstić information content (AvgIpc) is 2.67. The van der Waals surface area contributed by atoms with Gasteiger partial charge in [-0.3, -0.25) is 4.79 Å². The molecule has 0 fully saturated rings. The van der Waals surface area contributed by atoms with Crippen molar-refractivity contribution in [2.45, 2.75) is 12.6 Å². The van der Waals surface area contributed by atoms with E-state index >= 15 is 0 Å². The Morgan fingerprint density at radius 2 is 1.69 bits per heavy atom. The average molecular weight is 396 g/mol. The van der Waals surface area contributed by atoms with Gasteiger partial charge in [0.15, 0.2) is 0 Å². The van der Waals surface area contributed by atoms with E-state index in [2.05, 4.69) is 27.1 Å². The van der Waals surface area contributed by atoms with Crippen molar-refractivity contribution >= 4 is 17.5 Å². The van der Waals surface area contributed by atoms with Crippen molar-refractivity contribution in [3.8, 4) is 11.8 Å². The summed E-state index contributed by atoms with van der Waals surface area (Å²) in [5.41, 5.74) is 6.62. The van der Waals surface area contributed by atoms with Gasteiger partial charge >= 0.3 is 6.18 Å². The Labute approximate surface area is 164 Å². The van der Waals surface area contributed by atoms with Gasteiger partial charge in [0, 0.05) is 23.6 Å². The molecular formula is C21H15F3N4O. The lowest BCUT2D eigenvalue weighted by Gasteiger charge is -2.09. The second-order valence-corrected chi connectivity index (χ2v) is 6.08. The molecule has 146 valence electrons. The van der Waals surface area contributed by atoms with Gasteiger partial charge in [0.05, 0.1) is 17.5 Å². The number of amides is 1. The van der Waals surface area contributed by atoms with Crippen LogP contribution >= 0.6 is 0 Å². The second-order valence-electron chi connectivity index (χ2n) is 6.08. The predicted octanol–water partition coefficient (Wildman–Crippen LogP) is 3.66. The van der Waals surface area contributed by atoms with Crippen molar-refractivity contribution in [3.05, 3.63) is 83.2 Å². The monoisotopic (exact) mass is 396 g/mol. The fourth-order valence-corrected chi connectivity index (χ4v) is 2.47. The summed E-state index contributed by atoms with van der Waals surface area (Å²) < 4.78 is 38.4. The molecule has 29 heavy (non-hydrogen) atoms. The van der Waals surface area contributed by atoms with E-state index in [4.69, 9.17) is 5.73 Å². The number of alkyl halides is 3. The molecule has 0 radical (unpaired) electrons. The molecule has 1 heterocycles. The molecule has 0 atom stereocenters. The van der Waals surface area contributed by atoms with E-state index in [1.54, 1.807) is 24.3 Å². The number of nitrogen functional groups attached to an aromatic ring is 1. The first-order chi connectivity index (χ1) is 13.8. The van der Waals surface area contributed by atoms with Crippen LogP contribution in [0.5, 0.6) is 0 Å². The van der Waals surface area contributed by atoms with Crippen LogP contribution in [0.2, 0.25) is 0 Å². The zero-order valence-electron chi connectivity index (χ0n) is 15.0. The van der Waals surface area contributed by atoms with Crippen molar-refractivity contribution in [2.75, 3.05) is 11.1 Å². The van der Waals surface area contributed by atoms with Gasteiger partial charge in [-0.2, -0.15) is 13.2 Å². The normalized spacial score (nSPS) is 10.7. The first-order valence-electron chi connectivity index (χ1n) is 8.45. The van der Waals surface area contributed by atoms with Crippen LogP contribution in [0.1, 0.15) is 22.3 Å². The molecule has 3 aromatic rings. The third-order valence-corrected chi connectivity index (χ3v) is 3.79. The molecule has 1 aromatic heterocycles. The largest absolute Gasteiger partial charge is 0.416 e. The Kier molecular flexibility index (Phi) is 5.79. The van der Waals surface area contributed by atoms with Crippen LogP contribution in [-0.4, -0.2) is 15.9 Å². The summed E-state index contributed by atoms with van der Waals surface area (Å²) in [7, 11) is 0. The third-order valence-electron chi connectivity index (χ3n) is 3.79. The molecule has 8 heteroatoms. The molecule has 5 nitrogen and oxygen atoms in total. The summed E-state index contributed by atoms with van der Waals surface area (Å²) in [5, 5.41) is 2.67. The highest BCUT2D eigenvalue weighted by molar-refractivity contribution is 5.92. The minimum atomic E-state index is -4.45. The van der Waals surface area contributed by atoms with Crippen molar-refractivity contribution < 1.29 is 18.0 Å². The Morgan fingerprint density at radius 1 is 1.00 bits per heavy atom. The fraction of sp³-hybridized carbons (Fsp3) is 0.0952. The number of anilines is 2. The molecule has 3 N–H and O–H groups in total. The first kappa shape index (κ1) is 19.9. The van der Waals surface area contributed by atoms with Crippen LogP contribution in [0.4, 0.5) is 24.8 Å². The van der Waals surface area contributed by atoms with Crippen LogP contribution in [-0.2, 0) is 17.4 Å². The number of aromatic nitrogens is 2. The van der Waals surface area contributed by atoms with Crippen molar-refractivity contribution in [1.29, 1.82) is 0 Å². The summed E-state index contributed by atoms with van der Waals surface area (Å²) in [6, 6.07) is 11.5. The van der Waals surface area contributed by atoms with Gasteiger partial charge in [-0.1, -0.05) is 36.1 Å². The number of carbonyl (C=O) groups excluding carboxylic acids is 1. The number of hydrogen-bond acceptors (Lipinski definition) is 4. The van der Waals surface area contributed by atoms with Gasteiger partial charge in [-0.15, -0.1) is 0 Å². The molecule has 0 unspecified atom stereocenters. The quantitative estimate of drug-likeness (QED) is 0.662. The minimum absolute atomic E-state index is 0.154. The fourth-order valence-electron chi connectivity index (χ4n) is 2.47. The Balaban J connectivity index is 1.67. The molecule has 0 spiro atoms. The topological polar surface area (TPSA) is 80.9 Å². The summed E-state index contributed by atoms with van der Waals surface area (Å²) in [4.78, 5) is 19.9. The summed E-state index contributed by atoms with van der Waals surface area (Å²) in [6.07, 6.45) is -1.64. The molecule has 1 amide bonds. The van der Waals surface area contributed by atoms with Crippen molar-refractivity contribution in [3.63, 3.8) is 0 Å². The van der Waals surface area contributed by atoms with Gasteiger partial charge < -0.3 is 11.1 Å². The minimum Gasteiger partial charge on any atom is -0.368 e. The maximum atomic E-state index is 12.8. The van der Waals surface area contributed by atoms with E-state index in [0.717, 1.165) is 12.1 Å². The van der Waals surface area contributed by atoms with Gasteiger partial charge in [-0.25, -0.2) is 9.97 Å². The van der Waals surface area contributed by atoms with Gasteiger partial charge in [0.25, 0.3) is 0 Å². The van der Waals surface area contributed by atoms with E-state index in [0.29, 0.717) is 16.8 Å². The van der Waals surface area contributed by atoms with Gasteiger partial charge in [-0.05, 0) is 29.8 Å². The highest BCUT2D eigenvalue weighted by Crippen LogP contribution is 2.29. The van der Waals surface area contributed by atoms with E-state index in [-0.39, 0.29) is 17.9 Å². The third kappa shape index (κ3) is 5.81. The van der Waals surface area contributed by atoms with Crippen LogP contribution in [0.25, 0.3) is 0 Å². The second kappa shape index (κ2) is 8.44. The summed E-state index contributed by atoms with van der Waals surface area (Å²) in [6.45, 7) is 0. The van der Waals surface area contributed by atoms with Crippen LogP contribution in [0.15, 0.2) is 60.9 Å². The molecule has 0 aliphatic carbocycles. The van der Waals surface area contributed by atoms with Gasteiger partial charge in [0.2, 0.25) is 11.9 Å². The smallest absolute Gasteiger partial charge is 0.368 e. The van der Waals surface area contributed by atoms with E-state index in [1.807, 2.05) is 0 Å². The van der Waals surface area contributed by atoms with Crippen molar-refractivity contribution in [2.24, 2.45) is 0 Å².